The zero-order valence-electron chi connectivity index (χ0n) is 14.6. The Morgan fingerprint density at radius 2 is 1.96 bits per heavy atom. The van der Waals surface area contributed by atoms with Gasteiger partial charge in [-0.1, -0.05) is 6.92 Å². The largest absolute Gasteiger partial charge is 0.493 e. The average molecular weight is 341 g/mol. The first-order valence-electron chi connectivity index (χ1n) is 8.30. The van der Waals surface area contributed by atoms with Gasteiger partial charge in [0.05, 0.1) is 6.61 Å². The first kappa shape index (κ1) is 18.5. The van der Waals surface area contributed by atoms with Crippen molar-refractivity contribution in [3.05, 3.63) is 29.3 Å². The number of ether oxygens (including phenoxy) is 2. The van der Waals surface area contributed by atoms with Crippen molar-refractivity contribution in [1.82, 2.24) is 5.32 Å². The minimum Gasteiger partial charge on any atom is -0.493 e. The number of hydrogen-bond acceptors (Lipinski definition) is 3. The van der Waals surface area contributed by atoms with Gasteiger partial charge in [0.2, 0.25) is 0 Å². The van der Waals surface area contributed by atoms with Gasteiger partial charge in [0.15, 0.2) is 11.6 Å². The van der Waals surface area contributed by atoms with E-state index in [-0.39, 0.29) is 11.8 Å². The van der Waals surface area contributed by atoms with E-state index in [4.69, 9.17) is 9.47 Å². The van der Waals surface area contributed by atoms with Gasteiger partial charge in [-0.3, -0.25) is 0 Å². The van der Waals surface area contributed by atoms with E-state index in [1.54, 1.807) is 20.8 Å². The van der Waals surface area contributed by atoms with E-state index in [2.05, 4.69) is 5.32 Å². The van der Waals surface area contributed by atoms with Crippen LogP contribution in [0.3, 0.4) is 0 Å². The van der Waals surface area contributed by atoms with E-state index in [9.17, 15) is 13.6 Å². The maximum absolute atomic E-state index is 13.6. The van der Waals surface area contributed by atoms with Crippen molar-refractivity contribution in [2.75, 3.05) is 13.2 Å². The number of nitrogens with one attached hydrogen (secondary N) is 1. The molecule has 0 aromatic heterocycles. The molecule has 1 aromatic rings. The summed E-state index contributed by atoms with van der Waals surface area (Å²) in [6.07, 6.45) is 1.11. The molecule has 0 bridgehead atoms. The Morgan fingerprint density at radius 3 is 2.58 bits per heavy atom. The lowest BCUT2D eigenvalue weighted by atomic mass is 10.1. The van der Waals surface area contributed by atoms with Crippen molar-refractivity contribution >= 4 is 6.09 Å². The number of hydrogen-bond donors (Lipinski definition) is 1. The number of halogens is 2. The summed E-state index contributed by atoms with van der Waals surface area (Å²) in [5.74, 6) is -1.16. The zero-order valence-corrected chi connectivity index (χ0v) is 14.6. The molecule has 4 nitrogen and oxygen atoms in total. The summed E-state index contributed by atoms with van der Waals surface area (Å²) < 4.78 is 37.8. The highest BCUT2D eigenvalue weighted by atomic mass is 19.2. The second-order valence-corrected chi connectivity index (χ2v) is 7.14. The van der Waals surface area contributed by atoms with E-state index in [0.29, 0.717) is 24.5 Å². The lowest BCUT2D eigenvalue weighted by Gasteiger charge is -2.19. The number of amides is 1. The molecule has 2 atom stereocenters. The molecule has 0 aliphatic heterocycles. The number of carbonyl (C=O) groups excluding carboxylic acids is 1. The van der Waals surface area contributed by atoms with Crippen LogP contribution in [-0.2, 0) is 4.74 Å². The molecule has 2 rings (SSSR count). The van der Waals surface area contributed by atoms with Crippen LogP contribution in [0.4, 0.5) is 13.6 Å². The molecule has 1 aliphatic carbocycles. The molecule has 6 heteroatoms. The normalized spacial score (nSPS) is 19.8. The van der Waals surface area contributed by atoms with Gasteiger partial charge in [0, 0.05) is 18.2 Å². The molecule has 1 fully saturated rings. The van der Waals surface area contributed by atoms with Crippen molar-refractivity contribution in [2.45, 2.75) is 52.1 Å². The third-order valence-corrected chi connectivity index (χ3v) is 3.74. The molecule has 1 amide bonds. The number of carbonyl (C=O) groups is 1. The summed E-state index contributed by atoms with van der Waals surface area (Å²) in [6, 6.07) is 2.31. The summed E-state index contributed by atoms with van der Waals surface area (Å²) in [5, 5.41) is 2.72. The highest BCUT2D eigenvalue weighted by Gasteiger charge is 2.41. The van der Waals surface area contributed by atoms with E-state index in [1.165, 1.54) is 6.07 Å². The Labute approximate surface area is 141 Å². The van der Waals surface area contributed by atoms with Crippen LogP contribution in [0.1, 0.15) is 52.0 Å². The molecular formula is C18H25F2NO3. The summed E-state index contributed by atoms with van der Waals surface area (Å²) in [7, 11) is 0. The fourth-order valence-corrected chi connectivity index (χ4v) is 2.55. The van der Waals surface area contributed by atoms with E-state index in [1.807, 2.05) is 6.92 Å². The molecule has 1 saturated carbocycles. The summed E-state index contributed by atoms with van der Waals surface area (Å²) in [4.78, 5) is 11.7. The van der Waals surface area contributed by atoms with Gasteiger partial charge in [0.1, 0.15) is 11.4 Å². The van der Waals surface area contributed by atoms with Crippen LogP contribution in [0.5, 0.6) is 5.75 Å². The molecule has 0 radical (unpaired) electrons. The minimum absolute atomic E-state index is 0.0573. The van der Waals surface area contributed by atoms with Gasteiger partial charge in [-0.15, -0.1) is 0 Å². The minimum atomic E-state index is -0.908. The molecule has 1 aromatic carbocycles. The van der Waals surface area contributed by atoms with Crippen LogP contribution in [0.15, 0.2) is 12.1 Å². The van der Waals surface area contributed by atoms with Crippen molar-refractivity contribution in [2.24, 2.45) is 5.92 Å². The van der Waals surface area contributed by atoms with Gasteiger partial charge in [-0.05, 0) is 51.5 Å². The molecule has 0 saturated heterocycles. The monoisotopic (exact) mass is 341 g/mol. The van der Waals surface area contributed by atoms with Crippen LogP contribution in [-0.4, -0.2) is 24.8 Å². The van der Waals surface area contributed by atoms with Crippen molar-refractivity contribution in [3.8, 4) is 5.75 Å². The molecule has 0 spiro atoms. The predicted molar refractivity (Wildman–Crippen MR) is 87.2 cm³/mol. The first-order chi connectivity index (χ1) is 11.2. The summed E-state index contributed by atoms with van der Waals surface area (Å²) >= 11 is 0. The Balaban J connectivity index is 1.96. The molecular weight excluding hydrogens is 316 g/mol. The number of rotatable bonds is 6. The third kappa shape index (κ3) is 5.08. The second-order valence-electron chi connectivity index (χ2n) is 7.14. The molecule has 134 valence electrons. The van der Waals surface area contributed by atoms with Gasteiger partial charge < -0.3 is 14.8 Å². The van der Waals surface area contributed by atoms with Gasteiger partial charge in [-0.2, -0.15) is 0 Å². The number of benzene rings is 1. The molecule has 0 heterocycles. The fourth-order valence-electron chi connectivity index (χ4n) is 2.55. The Morgan fingerprint density at radius 1 is 1.29 bits per heavy atom. The van der Waals surface area contributed by atoms with E-state index >= 15 is 0 Å². The van der Waals surface area contributed by atoms with Crippen LogP contribution >= 0.6 is 0 Å². The standard InChI is InChI=1S/C18H25F2NO3/c1-5-6-23-16-9-15(20)14(19)8-13(16)12-7-11(12)10-21-17(22)24-18(2,3)4/h8-9,11-12H,5-7,10H2,1-4H3,(H,21,22). The smallest absolute Gasteiger partial charge is 0.407 e. The van der Waals surface area contributed by atoms with Crippen molar-refractivity contribution in [3.63, 3.8) is 0 Å². The Bertz CT molecular complexity index is 599. The van der Waals surface area contributed by atoms with Gasteiger partial charge in [-0.25, -0.2) is 13.6 Å². The highest BCUT2D eigenvalue weighted by molar-refractivity contribution is 5.67. The third-order valence-electron chi connectivity index (χ3n) is 3.74. The number of alkyl carbamates (subject to hydrolysis) is 1. The fraction of sp³-hybridized carbons (Fsp3) is 0.611. The lowest BCUT2D eigenvalue weighted by Crippen LogP contribution is -2.33. The molecule has 1 aliphatic rings. The maximum atomic E-state index is 13.6. The Hall–Kier alpha value is -1.85. The highest BCUT2D eigenvalue weighted by Crippen LogP contribution is 2.50. The lowest BCUT2D eigenvalue weighted by molar-refractivity contribution is 0.0525. The van der Waals surface area contributed by atoms with Crippen LogP contribution < -0.4 is 10.1 Å². The van der Waals surface area contributed by atoms with Crippen LogP contribution in [0.2, 0.25) is 0 Å². The van der Waals surface area contributed by atoms with Crippen molar-refractivity contribution in [1.29, 1.82) is 0 Å². The SMILES string of the molecule is CCCOc1cc(F)c(F)cc1C1CC1CNC(=O)OC(C)(C)C. The van der Waals surface area contributed by atoms with E-state index < -0.39 is 23.3 Å². The Kier molecular flexibility index (Phi) is 5.67. The molecule has 24 heavy (non-hydrogen) atoms. The van der Waals surface area contributed by atoms with Gasteiger partial charge >= 0.3 is 6.09 Å². The van der Waals surface area contributed by atoms with Gasteiger partial charge in [0.25, 0.3) is 0 Å². The quantitative estimate of drug-likeness (QED) is 0.835. The topological polar surface area (TPSA) is 47.6 Å². The predicted octanol–water partition coefficient (Wildman–Crippen LogP) is 4.38. The van der Waals surface area contributed by atoms with Crippen LogP contribution in [0, 0.1) is 17.6 Å². The second kappa shape index (κ2) is 7.36. The first-order valence-corrected chi connectivity index (χ1v) is 8.30. The maximum Gasteiger partial charge on any atom is 0.407 e. The van der Waals surface area contributed by atoms with Crippen LogP contribution in [0.25, 0.3) is 0 Å². The summed E-state index contributed by atoms with van der Waals surface area (Å²) in [5.41, 5.74) is 0.118. The van der Waals surface area contributed by atoms with E-state index in [0.717, 1.165) is 18.9 Å². The molecule has 2 unspecified atom stereocenters. The summed E-state index contributed by atoms with van der Waals surface area (Å²) in [6.45, 7) is 8.23. The van der Waals surface area contributed by atoms with Crippen molar-refractivity contribution < 1.29 is 23.0 Å². The molecule has 1 N–H and O–H groups in total. The zero-order chi connectivity index (χ0) is 17.9. The average Bonchev–Trinajstić information content (AvgIpc) is 3.23.